The first-order chi connectivity index (χ1) is 9.47. The van der Waals surface area contributed by atoms with Crippen molar-refractivity contribution >= 4 is 5.78 Å². The molecule has 0 saturated heterocycles. The zero-order valence-electron chi connectivity index (χ0n) is 10.00. The maximum atomic E-state index is 13.2. The Hall–Kier alpha value is -2.37. The average Bonchev–Trinajstić information content (AvgIpc) is 2.40. The fourth-order valence-electron chi connectivity index (χ4n) is 1.49. The molecular formula is C14H8F4O2. The van der Waals surface area contributed by atoms with E-state index in [9.17, 15) is 22.4 Å². The fraction of sp³-hybridized carbons (Fsp3) is 0.0714. The van der Waals surface area contributed by atoms with Gasteiger partial charge in [-0.25, -0.2) is 17.6 Å². The number of hydrogen-bond donors (Lipinski definition) is 0. The molecule has 0 radical (unpaired) electrons. The summed E-state index contributed by atoms with van der Waals surface area (Å²) in [6, 6.07) is 5.23. The lowest BCUT2D eigenvalue weighted by Crippen LogP contribution is -2.12. The van der Waals surface area contributed by atoms with Gasteiger partial charge in [0.1, 0.15) is 5.82 Å². The Balaban J connectivity index is 2.06. The van der Waals surface area contributed by atoms with Crippen molar-refractivity contribution in [2.75, 3.05) is 6.61 Å². The van der Waals surface area contributed by atoms with Crippen molar-refractivity contribution in [3.63, 3.8) is 0 Å². The van der Waals surface area contributed by atoms with Gasteiger partial charge in [-0.2, -0.15) is 0 Å². The van der Waals surface area contributed by atoms with Gasteiger partial charge in [-0.15, -0.1) is 0 Å². The summed E-state index contributed by atoms with van der Waals surface area (Å²) in [6.07, 6.45) is 0. The SMILES string of the molecule is O=C(COc1ccc(F)cc1F)c1ccc(F)c(F)c1. The van der Waals surface area contributed by atoms with Gasteiger partial charge in [-0.1, -0.05) is 0 Å². The molecular weight excluding hydrogens is 276 g/mol. The third kappa shape index (κ3) is 3.14. The van der Waals surface area contributed by atoms with Gasteiger partial charge in [-0.05, 0) is 30.3 Å². The van der Waals surface area contributed by atoms with Crippen molar-refractivity contribution < 1.29 is 27.1 Å². The number of carbonyl (C=O) groups excluding carboxylic acids is 1. The van der Waals surface area contributed by atoms with Gasteiger partial charge < -0.3 is 4.74 Å². The summed E-state index contributed by atoms with van der Waals surface area (Å²) in [5.74, 6) is -4.93. The van der Waals surface area contributed by atoms with Crippen LogP contribution in [0.5, 0.6) is 5.75 Å². The van der Waals surface area contributed by atoms with Gasteiger partial charge >= 0.3 is 0 Å². The molecule has 104 valence electrons. The van der Waals surface area contributed by atoms with Crippen molar-refractivity contribution in [3.05, 3.63) is 65.2 Å². The lowest BCUT2D eigenvalue weighted by atomic mass is 10.1. The molecule has 0 unspecified atom stereocenters. The number of carbonyl (C=O) groups is 1. The minimum atomic E-state index is -1.16. The van der Waals surface area contributed by atoms with Crippen LogP contribution < -0.4 is 4.74 Å². The lowest BCUT2D eigenvalue weighted by Gasteiger charge is -2.06. The molecule has 2 rings (SSSR count). The molecule has 20 heavy (non-hydrogen) atoms. The van der Waals surface area contributed by atoms with Gasteiger partial charge in [0.2, 0.25) is 0 Å². The maximum absolute atomic E-state index is 13.2. The number of halogens is 4. The summed E-state index contributed by atoms with van der Waals surface area (Å²) in [5, 5.41) is 0. The Morgan fingerprint density at radius 2 is 1.65 bits per heavy atom. The Morgan fingerprint density at radius 1 is 0.900 bits per heavy atom. The van der Waals surface area contributed by atoms with Gasteiger partial charge in [0.05, 0.1) is 0 Å². The Kier molecular flexibility index (Phi) is 4.02. The predicted molar refractivity (Wildman–Crippen MR) is 62.5 cm³/mol. The third-order valence-corrected chi connectivity index (χ3v) is 2.49. The second-order valence-corrected chi connectivity index (χ2v) is 3.92. The fourth-order valence-corrected chi connectivity index (χ4v) is 1.49. The molecule has 2 aromatic rings. The summed E-state index contributed by atoms with van der Waals surface area (Å²) in [5.41, 5.74) is -0.105. The highest BCUT2D eigenvalue weighted by atomic mass is 19.2. The third-order valence-electron chi connectivity index (χ3n) is 2.49. The summed E-state index contributed by atoms with van der Waals surface area (Å²) >= 11 is 0. The molecule has 0 N–H and O–H groups in total. The van der Waals surface area contributed by atoms with Crippen LogP contribution in [-0.2, 0) is 0 Å². The molecule has 0 bridgehead atoms. The van der Waals surface area contributed by atoms with E-state index in [1.165, 1.54) is 0 Å². The van der Waals surface area contributed by atoms with E-state index in [1.54, 1.807) is 0 Å². The van der Waals surface area contributed by atoms with Crippen LogP contribution in [0.4, 0.5) is 17.6 Å². The van der Waals surface area contributed by atoms with E-state index < -0.39 is 35.7 Å². The maximum Gasteiger partial charge on any atom is 0.200 e. The van der Waals surface area contributed by atoms with Crippen LogP contribution in [0.1, 0.15) is 10.4 Å². The molecule has 0 aromatic heterocycles. The van der Waals surface area contributed by atoms with E-state index in [0.29, 0.717) is 6.07 Å². The Bertz CT molecular complexity index is 656. The minimum Gasteiger partial charge on any atom is -0.482 e. The van der Waals surface area contributed by atoms with E-state index in [-0.39, 0.29) is 11.3 Å². The molecule has 2 aromatic carbocycles. The number of hydrogen-bond acceptors (Lipinski definition) is 2. The highest BCUT2D eigenvalue weighted by Crippen LogP contribution is 2.18. The molecule has 0 aliphatic heterocycles. The number of benzene rings is 2. The van der Waals surface area contributed by atoms with E-state index in [0.717, 1.165) is 30.3 Å². The molecule has 0 aliphatic carbocycles. The molecule has 2 nitrogen and oxygen atoms in total. The van der Waals surface area contributed by atoms with Gasteiger partial charge in [-0.3, -0.25) is 4.79 Å². The Morgan fingerprint density at radius 3 is 2.30 bits per heavy atom. The molecule has 0 aliphatic rings. The highest BCUT2D eigenvalue weighted by Gasteiger charge is 2.12. The van der Waals surface area contributed by atoms with Crippen LogP contribution in [-0.4, -0.2) is 12.4 Å². The zero-order valence-corrected chi connectivity index (χ0v) is 10.00. The van der Waals surface area contributed by atoms with Gasteiger partial charge in [0.15, 0.2) is 35.6 Å². The first-order valence-electron chi connectivity index (χ1n) is 5.53. The standard InChI is InChI=1S/C14H8F4O2/c15-9-2-4-14(12(18)6-9)20-7-13(19)8-1-3-10(16)11(17)5-8/h1-6H,7H2. The number of rotatable bonds is 4. The molecule has 0 amide bonds. The first-order valence-corrected chi connectivity index (χ1v) is 5.53. The predicted octanol–water partition coefficient (Wildman–Crippen LogP) is 3.50. The van der Waals surface area contributed by atoms with Crippen molar-refractivity contribution in [1.82, 2.24) is 0 Å². The van der Waals surface area contributed by atoms with E-state index in [1.807, 2.05) is 0 Å². The van der Waals surface area contributed by atoms with Crippen LogP contribution >= 0.6 is 0 Å². The number of ether oxygens (including phenoxy) is 1. The van der Waals surface area contributed by atoms with Crippen LogP contribution in [0.3, 0.4) is 0 Å². The Labute approximate surface area is 111 Å². The minimum absolute atomic E-state index is 0.105. The van der Waals surface area contributed by atoms with E-state index >= 15 is 0 Å². The highest BCUT2D eigenvalue weighted by molar-refractivity contribution is 5.97. The smallest absolute Gasteiger partial charge is 0.200 e. The number of ketones is 1. The average molecular weight is 284 g/mol. The van der Waals surface area contributed by atoms with Crippen LogP contribution in [0.2, 0.25) is 0 Å². The molecule has 0 fully saturated rings. The second kappa shape index (κ2) is 5.73. The van der Waals surface area contributed by atoms with Crippen molar-refractivity contribution in [2.24, 2.45) is 0 Å². The molecule has 0 saturated carbocycles. The topological polar surface area (TPSA) is 26.3 Å². The van der Waals surface area contributed by atoms with Gasteiger partial charge in [0, 0.05) is 11.6 Å². The summed E-state index contributed by atoms with van der Waals surface area (Å²) in [7, 11) is 0. The summed E-state index contributed by atoms with van der Waals surface area (Å²) in [6.45, 7) is -0.576. The number of Topliss-reactive ketones (excluding diaryl/α,β-unsaturated/α-hetero) is 1. The first kappa shape index (κ1) is 14.0. The quantitative estimate of drug-likeness (QED) is 0.634. The van der Waals surface area contributed by atoms with Crippen molar-refractivity contribution in [3.8, 4) is 5.75 Å². The summed E-state index contributed by atoms with van der Waals surface area (Å²) in [4.78, 5) is 11.6. The zero-order chi connectivity index (χ0) is 14.7. The van der Waals surface area contributed by atoms with E-state index in [2.05, 4.69) is 0 Å². The molecule has 0 atom stereocenters. The second-order valence-electron chi connectivity index (χ2n) is 3.92. The molecule has 6 heteroatoms. The lowest BCUT2D eigenvalue weighted by molar-refractivity contribution is 0.0918. The van der Waals surface area contributed by atoms with Crippen LogP contribution in [0.15, 0.2) is 36.4 Å². The van der Waals surface area contributed by atoms with Crippen molar-refractivity contribution in [2.45, 2.75) is 0 Å². The largest absolute Gasteiger partial charge is 0.482 e. The normalized spacial score (nSPS) is 10.4. The van der Waals surface area contributed by atoms with E-state index in [4.69, 9.17) is 4.74 Å². The summed E-state index contributed by atoms with van der Waals surface area (Å²) < 4.78 is 56.4. The van der Waals surface area contributed by atoms with Crippen LogP contribution in [0, 0.1) is 23.3 Å². The molecule has 0 heterocycles. The monoisotopic (exact) mass is 284 g/mol. The molecule has 0 spiro atoms. The van der Waals surface area contributed by atoms with Gasteiger partial charge in [0.25, 0.3) is 0 Å². The van der Waals surface area contributed by atoms with Crippen LogP contribution in [0.25, 0.3) is 0 Å². The van der Waals surface area contributed by atoms with Crippen molar-refractivity contribution in [1.29, 1.82) is 0 Å².